The molecule has 0 amide bonds. The van der Waals surface area contributed by atoms with Crippen LogP contribution in [0.4, 0.5) is 0 Å². The van der Waals surface area contributed by atoms with Gasteiger partial charge in [-0.3, -0.25) is 0 Å². The first-order valence-electron chi connectivity index (χ1n) is 4.40. The second-order valence-electron chi connectivity index (χ2n) is 2.47. The molecule has 0 fully saturated rings. The van der Waals surface area contributed by atoms with E-state index < -0.39 is 0 Å². The van der Waals surface area contributed by atoms with E-state index in [4.69, 9.17) is 5.73 Å². The summed E-state index contributed by atoms with van der Waals surface area (Å²) < 4.78 is 0. The van der Waals surface area contributed by atoms with Crippen molar-refractivity contribution in [2.45, 2.75) is 33.6 Å². The zero-order valence-corrected chi connectivity index (χ0v) is 8.17. The van der Waals surface area contributed by atoms with Crippen LogP contribution in [0.1, 0.15) is 33.6 Å². The molecule has 0 rings (SSSR count). The van der Waals surface area contributed by atoms with Crippen molar-refractivity contribution in [2.75, 3.05) is 0 Å². The molecule has 0 saturated heterocycles. The van der Waals surface area contributed by atoms with E-state index >= 15 is 0 Å². The quantitative estimate of drug-likeness (QED) is 0.506. The molecular formula is C10H18N2. The first-order valence-corrected chi connectivity index (χ1v) is 4.40. The molecule has 0 spiro atoms. The Balaban J connectivity index is 4.25. The Morgan fingerprint density at radius 1 is 1.42 bits per heavy atom. The summed E-state index contributed by atoms with van der Waals surface area (Å²) in [5, 5.41) is 0. The molecule has 0 aliphatic rings. The molecule has 0 unspecified atom stereocenters. The molecule has 0 aromatic carbocycles. The molecule has 0 heterocycles. The third-order valence-corrected chi connectivity index (χ3v) is 1.61. The Labute approximate surface area is 74.9 Å². The largest absolute Gasteiger partial charge is 0.383 e. The minimum atomic E-state index is 0.629. The highest BCUT2D eigenvalue weighted by Crippen LogP contribution is 2.00. The predicted octanol–water partition coefficient (Wildman–Crippen LogP) is 2.62. The first kappa shape index (κ1) is 11.0. The van der Waals surface area contributed by atoms with Crippen molar-refractivity contribution in [3.8, 4) is 0 Å². The van der Waals surface area contributed by atoms with E-state index in [1.54, 1.807) is 6.20 Å². The van der Waals surface area contributed by atoms with Gasteiger partial charge in [0.1, 0.15) is 5.84 Å². The van der Waals surface area contributed by atoms with Gasteiger partial charge in [-0.1, -0.05) is 26.0 Å². The lowest BCUT2D eigenvalue weighted by Crippen LogP contribution is -2.13. The summed E-state index contributed by atoms with van der Waals surface area (Å²) in [7, 11) is 0. The lowest BCUT2D eigenvalue weighted by Gasteiger charge is -2.00. The third kappa shape index (κ3) is 3.96. The second-order valence-corrected chi connectivity index (χ2v) is 2.47. The fraction of sp³-hybridized carbons (Fsp3) is 0.500. The van der Waals surface area contributed by atoms with Gasteiger partial charge in [0.05, 0.1) is 0 Å². The summed E-state index contributed by atoms with van der Waals surface area (Å²) >= 11 is 0. The molecule has 12 heavy (non-hydrogen) atoms. The molecule has 2 heteroatoms. The Morgan fingerprint density at radius 2 is 2.08 bits per heavy atom. The van der Waals surface area contributed by atoms with Gasteiger partial charge in [0, 0.05) is 6.20 Å². The van der Waals surface area contributed by atoms with Crippen LogP contribution < -0.4 is 5.73 Å². The third-order valence-electron chi connectivity index (χ3n) is 1.61. The van der Waals surface area contributed by atoms with Gasteiger partial charge in [-0.15, -0.1) is 0 Å². The van der Waals surface area contributed by atoms with Crippen molar-refractivity contribution in [3.63, 3.8) is 0 Å². The van der Waals surface area contributed by atoms with Gasteiger partial charge in [-0.25, -0.2) is 4.99 Å². The molecule has 0 aliphatic carbocycles. The van der Waals surface area contributed by atoms with Crippen molar-refractivity contribution in [3.05, 3.63) is 23.9 Å². The molecule has 0 radical (unpaired) electrons. The van der Waals surface area contributed by atoms with E-state index in [-0.39, 0.29) is 0 Å². The van der Waals surface area contributed by atoms with Gasteiger partial charge < -0.3 is 5.73 Å². The van der Waals surface area contributed by atoms with Crippen LogP contribution in [0.15, 0.2) is 28.9 Å². The lowest BCUT2D eigenvalue weighted by molar-refractivity contribution is 1.15. The summed E-state index contributed by atoms with van der Waals surface area (Å²) in [6.07, 6.45) is 7.67. The number of allylic oxidation sites excluding steroid dienone is 2. The van der Waals surface area contributed by atoms with Gasteiger partial charge >= 0.3 is 0 Å². The van der Waals surface area contributed by atoms with Gasteiger partial charge in [0.2, 0.25) is 0 Å². The second kappa shape index (κ2) is 6.65. The number of nitrogens with zero attached hydrogens (tertiary/aromatic N) is 1. The minimum Gasteiger partial charge on any atom is -0.383 e. The Bertz CT molecular complexity index is 200. The minimum absolute atomic E-state index is 0.629. The number of hydrogen-bond acceptors (Lipinski definition) is 1. The average Bonchev–Trinajstić information content (AvgIpc) is 2.07. The van der Waals surface area contributed by atoms with Gasteiger partial charge in [-0.05, 0) is 25.3 Å². The van der Waals surface area contributed by atoms with E-state index in [0.29, 0.717) is 5.84 Å². The maximum Gasteiger partial charge on any atom is 0.126 e. The van der Waals surface area contributed by atoms with E-state index in [9.17, 15) is 0 Å². The number of aliphatic imine (C=N–C) groups is 1. The molecule has 2 nitrogen and oxygen atoms in total. The fourth-order valence-electron chi connectivity index (χ4n) is 0.854. The highest BCUT2D eigenvalue weighted by molar-refractivity contribution is 5.97. The first-order chi connectivity index (χ1) is 5.76. The smallest absolute Gasteiger partial charge is 0.126 e. The fourth-order valence-corrected chi connectivity index (χ4v) is 0.854. The van der Waals surface area contributed by atoms with Gasteiger partial charge in [-0.2, -0.15) is 0 Å². The van der Waals surface area contributed by atoms with Crippen LogP contribution in [0, 0.1) is 0 Å². The van der Waals surface area contributed by atoms with E-state index in [2.05, 4.69) is 18.8 Å². The molecule has 0 saturated carbocycles. The molecule has 0 atom stereocenters. The summed E-state index contributed by atoms with van der Waals surface area (Å²) in [6.45, 7) is 6.12. The summed E-state index contributed by atoms with van der Waals surface area (Å²) in [5.41, 5.74) is 6.82. The zero-order chi connectivity index (χ0) is 9.40. The van der Waals surface area contributed by atoms with Crippen LogP contribution in [0.3, 0.4) is 0 Å². The maximum absolute atomic E-state index is 5.71. The topological polar surface area (TPSA) is 38.4 Å². The van der Waals surface area contributed by atoms with Crippen molar-refractivity contribution in [2.24, 2.45) is 10.7 Å². The maximum atomic E-state index is 5.71. The number of rotatable bonds is 4. The average molecular weight is 166 g/mol. The number of nitrogens with two attached hydrogens (primary N) is 1. The van der Waals surface area contributed by atoms with E-state index in [0.717, 1.165) is 18.4 Å². The Kier molecular flexibility index (Phi) is 6.07. The molecule has 2 N–H and O–H groups in total. The molecule has 0 bridgehead atoms. The molecule has 0 aromatic rings. The van der Waals surface area contributed by atoms with Crippen molar-refractivity contribution >= 4 is 5.84 Å². The normalized spacial score (nSPS) is 14.2. The van der Waals surface area contributed by atoms with E-state index in [1.807, 2.05) is 19.1 Å². The molecular weight excluding hydrogens is 148 g/mol. The molecule has 0 aliphatic heterocycles. The van der Waals surface area contributed by atoms with Crippen molar-refractivity contribution in [1.29, 1.82) is 0 Å². The highest BCUT2D eigenvalue weighted by atomic mass is 14.8. The van der Waals surface area contributed by atoms with Crippen LogP contribution in [-0.4, -0.2) is 5.84 Å². The standard InChI is InChI=1S/C10H18N2/c1-4-7-8-12-10(11)9(5-2)6-3/h5,7-8H,4,6H2,1-3H3,(H2,11,12)/b8-7+,9-5-. The number of hydrogen-bond donors (Lipinski definition) is 1. The SMILES string of the molecule is C\C=C(CC)/C(N)=N/C=C/CC. The van der Waals surface area contributed by atoms with Crippen LogP contribution in [0.5, 0.6) is 0 Å². The van der Waals surface area contributed by atoms with Crippen molar-refractivity contribution < 1.29 is 0 Å². The summed E-state index contributed by atoms with van der Waals surface area (Å²) in [5.74, 6) is 0.629. The molecule has 68 valence electrons. The van der Waals surface area contributed by atoms with Gasteiger partial charge in [0.25, 0.3) is 0 Å². The van der Waals surface area contributed by atoms with Crippen LogP contribution in [0.2, 0.25) is 0 Å². The zero-order valence-electron chi connectivity index (χ0n) is 8.17. The highest BCUT2D eigenvalue weighted by Gasteiger charge is 1.95. The van der Waals surface area contributed by atoms with Crippen LogP contribution in [-0.2, 0) is 0 Å². The Morgan fingerprint density at radius 3 is 2.50 bits per heavy atom. The van der Waals surface area contributed by atoms with E-state index in [1.165, 1.54) is 0 Å². The van der Waals surface area contributed by atoms with Gasteiger partial charge in [0.15, 0.2) is 0 Å². The predicted molar refractivity (Wildman–Crippen MR) is 55.1 cm³/mol. The lowest BCUT2D eigenvalue weighted by atomic mass is 10.2. The van der Waals surface area contributed by atoms with Crippen LogP contribution in [0.25, 0.3) is 0 Å². The summed E-state index contributed by atoms with van der Waals surface area (Å²) in [4.78, 5) is 4.10. The monoisotopic (exact) mass is 166 g/mol. The molecule has 0 aromatic heterocycles. The van der Waals surface area contributed by atoms with Crippen LogP contribution >= 0.6 is 0 Å². The van der Waals surface area contributed by atoms with Crippen molar-refractivity contribution in [1.82, 2.24) is 0 Å². The Hall–Kier alpha value is -1.05. The summed E-state index contributed by atoms with van der Waals surface area (Å²) in [6, 6.07) is 0. The number of amidine groups is 1.